The van der Waals surface area contributed by atoms with E-state index in [0.717, 1.165) is 12.0 Å². The highest BCUT2D eigenvalue weighted by Crippen LogP contribution is 2.27. The average Bonchev–Trinajstić information content (AvgIpc) is 2.72. The van der Waals surface area contributed by atoms with Crippen molar-refractivity contribution in [1.82, 2.24) is 10.3 Å². The van der Waals surface area contributed by atoms with Crippen molar-refractivity contribution < 1.29 is 23.2 Å². The van der Waals surface area contributed by atoms with Gasteiger partial charge in [-0.25, -0.2) is 0 Å². The van der Waals surface area contributed by atoms with Gasteiger partial charge in [0.2, 0.25) is 11.3 Å². The summed E-state index contributed by atoms with van der Waals surface area (Å²) < 4.78 is 28.0. The zero-order valence-corrected chi connectivity index (χ0v) is 18.3. The molecule has 0 aliphatic rings. The second-order valence-corrected chi connectivity index (χ2v) is 8.01. The Morgan fingerprint density at radius 1 is 1.13 bits per heavy atom. The maximum atomic E-state index is 12.2. The van der Waals surface area contributed by atoms with Gasteiger partial charge in [0.15, 0.2) is 17.2 Å². The van der Waals surface area contributed by atoms with Crippen molar-refractivity contribution in [3.63, 3.8) is 0 Å². The summed E-state index contributed by atoms with van der Waals surface area (Å²) in [4.78, 5) is 26.9. The van der Waals surface area contributed by atoms with Crippen molar-refractivity contribution >= 4 is 16.7 Å². The summed E-state index contributed by atoms with van der Waals surface area (Å²) in [6.07, 6.45) is 2.87. The molecule has 164 valence electrons. The highest BCUT2D eigenvalue weighted by molar-refractivity contribution is 7.84. The number of rotatable bonds is 12. The first-order chi connectivity index (χ1) is 14.5. The molecule has 0 bridgehead atoms. The van der Waals surface area contributed by atoms with Crippen LogP contribution in [0.5, 0.6) is 17.2 Å². The third-order valence-electron chi connectivity index (χ3n) is 4.19. The van der Waals surface area contributed by atoms with Crippen molar-refractivity contribution in [2.75, 3.05) is 33.1 Å². The molecule has 1 amide bonds. The topological polar surface area (TPSA) is 107 Å². The van der Waals surface area contributed by atoms with Crippen LogP contribution in [-0.2, 0) is 27.8 Å². The fourth-order valence-corrected chi connectivity index (χ4v) is 3.72. The molecule has 0 aliphatic carbocycles. The van der Waals surface area contributed by atoms with Gasteiger partial charge in [-0.05, 0) is 30.5 Å². The van der Waals surface area contributed by atoms with Crippen LogP contribution in [0.2, 0.25) is 0 Å². The van der Waals surface area contributed by atoms with Crippen molar-refractivity contribution in [2.45, 2.75) is 25.5 Å². The van der Waals surface area contributed by atoms with E-state index < -0.39 is 10.8 Å². The van der Waals surface area contributed by atoms with Crippen LogP contribution in [0.15, 0.2) is 35.3 Å². The van der Waals surface area contributed by atoms with Gasteiger partial charge in [0.25, 0.3) is 0 Å². The number of benzene rings is 1. The minimum Gasteiger partial charge on any atom is -0.493 e. The highest BCUT2D eigenvalue weighted by Gasteiger charge is 2.11. The van der Waals surface area contributed by atoms with Gasteiger partial charge in [0, 0.05) is 35.3 Å². The molecule has 0 spiro atoms. The second-order valence-electron chi connectivity index (χ2n) is 6.55. The number of hydrogen-bond acceptors (Lipinski definition) is 6. The smallest absolute Gasteiger partial charge is 0.232 e. The van der Waals surface area contributed by atoms with E-state index in [2.05, 4.69) is 10.3 Å². The SMILES string of the molecule is CCCOc1c[nH]c(CS(=O)CC(=O)NCCc2ccc(OC)c(OC)c2)cc1=O. The van der Waals surface area contributed by atoms with Crippen LogP contribution in [0.1, 0.15) is 24.6 Å². The number of methoxy groups -OCH3 is 2. The molecule has 1 aromatic heterocycles. The maximum Gasteiger partial charge on any atom is 0.232 e. The first kappa shape index (κ1) is 23.5. The van der Waals surface area contributed by atoms with Gasteiger partial charge in [-0.15, -0.1) is 0 Å². The predicted molar refractivity (Wildman–Crippen MR) is 116 cm³/mol. The van der Waals surface area contributed by atoms with Gasteiger partial charge in [-0.1, -0.05) is 13.0 Å². The Bertz CT molecular complexity index is 928. The molecule has 0 saturated heterocycles. The Morgan fingerprint density at radius 3 is 2.57 bits per heavy atom. The van der Waals surface area contributed by atoms with E-state index in [1.165, 1.54) is 12.3 Å². The maximum absolute atomic E-state index is 12.2. The molecule has 0 fully saturated rings. The van der Waals surface area contributed by atoms with E-state index in [1.807, 2.05) is 25.1 Å². The van der Waals surface area contributed by atoms with Crippen LogP contribution < -0.4 is 25.0 Å². The van der Waals surface area contributed by atoms with E-state index in [1.54, 1.807) is 14.2 Å². The van der Waals surface area contributed by atoms with E-state index in [-0.39, 0.29) is 28.6 Å². The number of ether oxygens (including phenoxy) is 3. The van der Waals surface area contributed by atoms with Crippen LogP contribution in [0, 0.1) is 0 Å². The van der Waals surface area contributed by atoms with Crippen molar-refractivity contribution in [2.24, 2.45) is 0 Å². The Kier molecular flexibility index (Phi) is 9.40. The minimum atomic E-state index is -1.44. The van der Waals surface area contributed by atoms with E-state index >= 15 is 0 Å². The fourth-order valence-electron chi connectivity index (χ4n) is 2.71. The lowest BCUT2D eigenvalue weighted by atomic mass is 10.1. The van der Waals surface area contributed by atoms with Gasteiger partial charge < -0.3 is 24.5 Å². The zero-order chi connectivity index (χ0) is 21.9. The van der Waals surface area contributed by atoms with Gasteiger partial charge in [0.1, 0.15) is 5.75 Å². The molecule has 2 aromatic rings. The fraction of sp³-hybridized carbons (Fsp3) is 0.429. The average molecular weight is 437 g/mol. The Morgan fingerprint density at radius 2 is 1.90 bits per heavy atom. The molecule has 2 N–H and O–H groups in total. The van der Waals surface area contributed by atoms with Crippen LogP contribution in [0.3, 0.4) is 0 Å². The Balaban J connectivity index is 1.79. The third-order valence-corrected chi connectivity index (χ3v) is 5.41. The van der Waals surface area contributed by atoms with Gasteiger partial charge in [-0.3, -0.25) is 13.8 Å². The summed E-state index contributed by atoms with van der Waals surface area (Å²) in [5.41, 5.74) is 1.21. The lowest BCUT2D eigenvalue weighted by Crippen LogP contribution is -2.30. The molecule has 0 saturated carbocycles. The largest absolute Gasteiger partial charge is 0.493 e. The van der Waals surface area contributed by atoms with Gasteiger partial charge in [0.05, 0.1) is 26.6 Å². The van der Waals surface area contributed by atoms with Crippen LogP contribution in [0.25, 0.3) is 0 Å². The second kappa shape index (κ2) is 12.0. The zero-order valence-electron chi connectivity index (χ0n) is 17.5. The van der Waals surface area contributed by atoms with Gasteiger partial charge in [-0.2, -0.15) is 0 Å². The number of amides is 1. The molecule has 8 nitrogen and oxygen atoms in total. The summed E-state index contributed by atoms with van der Waals surface area (Å²) in [6, 6.07) is 6.92. The number of carbonyl (C=O) groups is 1. The normalized spacial score (nSPS) is 11.6. The number of hydrogen-bond donors (Lipinski definition) is 2. The van der Waals surface area contributed by atoms with Crippen molar-refractivity contribution in [3.8, 4) is 17.2 Å². The van der Waals surface area contributed by atoms with E-state index in [9.17, 15) is 13.8 Å². The molecule has 2 rings (SSSR count). The lowest BCUT2D eigenvalue weighted by Gasteiger charge is -2.10. The molecule has 1 atom stereocenters. The quantitative estimate of drug-likeness (QED) is 0.525. The monoisotopic (exact) mass is 436 g/mol. The molecular formula is C21H28N2O6S. The number of aromatic nitrogens is 1. The molecule has 0 aliphatic heterocycles. The van der Waals surface area contributed by atoms with Gasteiger partial charge >= 0.3 is 0 Å². The number of pyridine rings is 1. The third kappa shape index (κ3) is 7.22. The summed E-state index contributed by atoms with van der Waals surface area (Å²) in [7, 11) is 1.70. The number of H-pyrrole nitrogens is 1. The molecule has 0 radical (unpaired) electrons. The summed E-state index contributed by atoms with van der Waals surface area (Å²) in [6.45, 7) is 2.81. The molecule has 1 aromatic carbocycles. The predicted octanol–water partition coefficient (Wildman–Crippen LogP) is 1.79. The first-order valence-electron chi connectivity index (χ1n) is 9.63. The first-order valence-corrected chi connectivity index (χ1v) is 11.1. The lowest BCUT2D eigenvalue weighted by molar-refractivity contribution is -0.118. The Hall–Kier alpha value is -2.81. The van der Waals surface area contributed by atoms with Crippen molar-refractivity contribution in [3.05, 3.63) is 51.9 Å². The summed E-state index contributed by atoms with van der Waals surface area (Å²) in [5.74, 6) is 1.15. The standard InChI is InChI=1S/C21H28N2O6S/c1-4-9-29-20-12-23-16(11-17(20)24)13-30(26)14-21(25)22-8-7-15-5-6-18(27-2)19(10-15)28-3/h5-6,10-12H,4,7-9,13-14H2,1-3H3,(H,22,25)(H,23,24). The molecule has 30 heavy (non-hydrogen) atoms. The van der Waals surface area contributed by atoms with E-state index in [0.29, 0.717) is 36.8 Å². The Labute approximate surface area is 178 Å². The summed E-state index contributed by atoms with van der Waals surface area (Å²) >= 11 is 0. The highest BCUT2D eigenvalue weighted by atomic mass is 32.2. The van der Waals surface area contributed by atoms with Crippen LogP contribution in [0.4, 0.5) is 0 Å². The number of aromatic amines is 1. The molecular weight excluding hydrogens is 408 g/mol. The van der Waals surface area contributed by atoms with E-state index in [4.69, 9.17) is 14.2 Å². The van der Waals surface area contributed by atoms with Crippen LogP contribution >= 0.6 is 0 Å². The summed E-state index contributed by atoms with van der Waals surface area (Å²) in [5, 5.41) is 2.76. The van der Waals surface area contributed by atoms with Crippen LogP contribution in [-0.4, -0.2) is 48.2 Å². The molecule has 9 heteroatoms. The number of nitrogens with one attached hydrogen (secondary N) is 2. The molecule has 1 heterocycles. The number of carbonyl (C=O) groups excluding carboxylic acids is 1. The van der Waals surface area contributed by atoms with Crippen molar-refractivity contribution in [1.29, 1.82) is 0 Å². The molecule has 1 unspecified atom stereocenters. The minimum absolute atomic E-state index is 0.0897.